The van der Waals surface area contributed by atoms with Crippen molar-refractivity contribution in [3.63, 3.8) is 0 Å². The summed E-state index contributed by atoms with van der Waals surface area (Å²) in [5.41, 5.74) is 2.08. The average molecular weight is 477 g/mol. The third kappa shape index (κ3) is 5.76. The minimum atomic E-state index is -3.87. The quantitative estimate of drug-likeness (QED) is 0.434. The average Bonchev–Trinajstić information content (AvgIpc) is 3.43. The molecule has 0 spiro atoms. The molecular formula is C23H25ClN2O5S. The molecule has 4 rings (SSSR count). The van der Waals surface area contributed by atoms with E-state index in [0.717, 1.165) is 11.1 Å². The number of imidazole rings is 1. The summed E-state index contributed by atoms with van der Waals surface area (Å²) in [6, 6.07) is 14.2. The molecule has 0 bridgehead atoms. The summed E-state index contributed by atoms with van der Waals surface area (Å²) in [6.07, 6.45) is 6.00. The molecule has 0 saturated carbocycles. The molecule has 2 aromatic carbocycles. The molecule has 0 radical (unpaired) electrons. The Morgan fingerprint density at radius 1 is 1.19 bits per heavy atom. The lowest BCUT2D eigenvalue weighted by Gasteiger charge is -2.28. The van der Waals surface area contributed by atoms with Crippen LogP contribution in [0.2, 0.25) is 5.02 Å². The SMILES string of the molecule is Cc1ccc(S(=O)(=O)OC[C@@H]2CO[C@@](CCc3ccc(Cl)cc3)(Cn3ccnc3)O2)cc1. The molecule has 2 atom stereocenters. The van der Waals surface area contributed by atoms with Crippen molar-refractivity contribution >= 4 is 21.7 Å². The van der Waals surface area contributed by atoms with Crippen molar-refractivity contribution in [2.75, 3.05) is 13.2 Å². The van der Waals surface area contributed by atoms with Gasteiger partial charge >= 0.3 is 0 Å². The number of nitrogens with zero attached hydrogens (tertiary/aromatic N) is 2. The molecule has 1 aromatic heterocycles. The molecular weight excluding hydrogens is 452 g/mol. The van der Waals surface area contributed by atoms with E-state index in [1.54, 1.807) is 24.7 Å². The molecule has 0 aliphatic carbocycles. The molecule has 1 aliphatic rings. The fourth-order valence-corrected chi connectivity index (χ4v) is 4.64. The van der Waals surface area contributed by atoms with E-state index in [1.165, 1.54) is 12.1 Å². The van der Waals surface area contributed by atoms with Gasteiger partial charge in [0.25, 0.3) is 10.1 Å². The Morgan fingerprint density at radius 2 is 1.94 bits per heavy atom. The van der Waals surface area contributed by atoms with Crippen molar-refractivity contribution in [1.82, 2.24) is 9.55 Å². The van der Waals surface area contributed by atoms with E-state index in [-0.39, 0.29) is 18.1 Å². The maximum Gasteiger partial charge on any atom is 0.297 e. The van der Waals surface area contributed by atoms with Crippen LogP contribution >= 0.6 is 11.6 Å². The zero-order chi connectivity index (χ0) is 22.6. The van der Waals surface area contributed by atoms with Crippen LogP contribution < -0.4 is 0 Å². The highest BCUT2D eigenvalue weighted by Crippen LogP contribution is 2.31. The Bertz CT molecular complexity index is 1120. The van der Waals surface area contributed by atoms with Gasteiger partial charge in [-0.2, -0.15) is 8.42 Å². The monoisotopic (exact) mass is 476 g/mol. The van der Waals surface area contributed by atoms with Gasteiger partial charge < -0.3 is 14.0 Å². The Balaban J connectivity index is 1.42. The standard InChI is InChI=1S/C23H25ClN2O5S/c1-18-2-8-22(9-3-18)32(27,28)30-15-21-14-29-23(31-21,16-26-13-12-25-17-26)11-10-19-4-6-20(24)7-5-19/h2-9,12-13,17,21H,10-11,14-16H2,1H3/t21-,23+/m0/s1. The third-order valence-electron chi connectivity index (χ3n) is 5.32. The third-order valence-corrected chi connectivity index (χ3v) is 6.87. The second kappa shape index (κ2) is 9.72. The number of aryl methyl sites for hydroxylation is 2. The summed E-state index contributed by atoms with van der Waals surface area (Å²) in [4.78, 5) is 4.20. The zero-order valence-corrected chi connectivity index (χ0v) is 19.3. The van der Waals surface area contributed by atoms with Crippen LogP contribution in [-0.2, 0) is 36.7 Å². The van der Waals surface area contributed by atoms with Gasteiger partial charge in [-0.05, 0) is 43.2 Å². The van der Waals surface area contributed by atoms with Gasteiger partial charge in [-0.25, -0.2) is 4.98 Å². The van der Waals surface area contributed by atoms with Crippen LogP contribution in [0.5, 0.6) is 0 Å². The first kappa shape index (κ1) is 22.9. The van der Waals surface area contributed by atoms with E-state index in [0.29, 0.717) is 24.4 Å². The highest BCUT2D eigenvalue weighted by atomic mass is 35.5. The fraction of sp³-hybridized carbons (Fsp3) is 0.348. The Labute approximate surface area is 193 Å². The summed E-state index contributed by atoms with van der Waals surface area (Å²) in [7, 11) is -3.87. The van der Waals surface area contributed by atoms with Crippen molar-refractivity contribution in [2.45, 2.75) is 43.1 Å². The van der Waals surface area contributed by atoms with Crippen molar-refractivity contribution in [2.24, 2.45) is 0 Å². The predicted molar refractivity (Wildman–Crippen MR) is 120 cm³/mol. The number of hydrogen-bond donors (Lipinski definition) is 0. The maximum atomic E-state index is 12.5. The fourth-order valence-electron chi connectivity index (χ4n) is 3.57. The lowest BCUT2D eigenvalue weighted by Crippen LogP contribution is -2.37. The first-order chi connectivity index (χ1) is 15.3. The molecule has 32 heavy (non-hydrogen) atoms. The number of halogens is 1. The molecule has 1 aliphatic heterocycles. The molecule has 0 amide bonds. The molecule has 1 saturated heterocycles. The first-order valence-electron chi connectivity index (χ1n) is 10.3. The Morgan fingerprint density at radius 3 is 2.62 bits per heavy atom. The maximum absolute atomic E-state index is 12.5. The smallest absolute Gasteiger partial charge is 0.297 e. The van der Waals surface area contributed by atoms with Crippen molar-refractivity contribution < 1.29 is 22.1 Å². The minimum absolute atomic E-state index is 0.120. The molecule has 9 heteroatoms. The topological polar surface area (TPSA) is 79.7 Å². The highest BCUT2D eigenvalue weighted by Gasteiger charge is 2.42. The summed E-state index contributed by atoms with van der Waals surface area (Å²) >= 11 is 5.98. The second-order valence-corrected chi connectivity index (χ2v) is 9.93. The van der Waals surface area contributed by atoms with Gasteiger partial charge in [-0.3, -0.25) is 4.18 Å². The zero-order valence-electron chi connectivity index (χ0n) is 17.7. The van der Waals surface area contributed by atoms with Gasteiger partial charge in [0, 0.05) is 23.8 Å². The molecule has 0 unspecified atom stereocenters. The largest absolute Gasteiger partial charge is 0.345 e. The van der Waals surface area contributed by atoms with Gasteiger partial charge in [-0.15, -0.1) is 0 Å². The first-order valence-corrected chi connectivity index (χ1v) is 12.1. The van der Waals surface area contributed by atoms with Gasteiger partial charge in [0.15, 0.2) is 5.79 Å². The van der Waals surface area contributed by atoms with E-state index in [9.17, 15) is 8.42 Å². The number of hydrogen-bond acceptors (Lipinski definition) is 6. The van der Waals surface area contributed by atoms with Crippen LogP contribution in [0.1, 0.15) is 17.5 Å². The number of rotatable bonds is 9. The summed E-state index contributed by atoms with van der Waals surface area (Å²) in [5.74, 6) is -0.915. The lowest BCUT2D eigenvalue weighted by atomic mass is 10.0. The van der Waals surface area contributed by atoms with Gasteiger partial charge in [0.05, 0.1) is 31.0 Å². The number of aromatic nitrogens is 2. The van der Waals surface area contributed by atoms with Crippen molar-refractivity contribution in [3.05, 3.63) is 83.4 Å². The minimum Gasteiger partial charge on any atom is -0.345 e. The van der Waals surface area contributed by atoms with Gasteiger partial charge in [0.2, 0.25) is 0 Å². The molecule has 7 nitrogen and oxygen atoms in total. The van der Waals surface area contributed by atoms with Gasteiger partial charge in [-0.1, -0.05) is 41.4 Å². The number of benzene rings is 2. The molecule has 0 N–H and O–H groups in total. The predicted octanol–water partition coefficient (Wildman–Crippen LogP) is 3.99. The van der Waals surface area contributed by atoms with Crippen LogP contribution in [0.4, 0.5) is 0 Å². The van der Waals surface area contributed by atoms with E-state index in [1.807, 2.05) is 42.0 Å². The van der Waals surface area contributed by atoms with Gasteiger partial charge in [0.1, 0.15) is 6.10 Å². The van der Waals surface area contributed by atoms with Crippen LogP contribution in [-0.4, -0.2) is 43.1 Å². The highest BCUT2D eigenvalue weighted by molar-refractivity contribution is 7.86. The van der Waals surface area contributed by atoms with E-state index < -0.39 is 22.0 Å². The number of ether oxygens (including phenoxy) is 2. The Hall–Kier alpha value is -2.23. The van der Waals surface area contributed by atoms with Crippen molar-refractivity contribution in [1.29, 1.82) is 0 Å². The van der Waals surface area contributed by atoms with Crippen molar-refractivity contribution in [3.8, 4) is 0 Å². The Kier molecular flexibility index (Phi) is 6.97. The van der Waals surface area contributed by atoms with Crippen LogP contribution in [0.15, 0.2) is 72.1 Å². The molecule has 2 heterocycles. The van der Waals surface area contributed by atoms with Crippen LogP contribution in [0.25, 0.3) is 0 Å². The molecule has 170 valence electrons. The second-order valence-electron chi connectivity index (χ2n) is 7.87. The normalized spacial score (nSPS) is 21.1. The lowest BCUT2D eigenvalue weighted by molar-refractivity contribution is -0.184. The van der Waals surface area contributed by atoms with Crippen LogP contribution in [0.3, 0.4) is 0 Å². The van der Waals surface area contributed by atoms with E-state index >= 15 is 0 Å². The summed E-state index contributed by atoms with van der Waals surface area (Å²) in [5, 5.41) is 0.683. The van der Waals surface area contributed by atoms with Crippen LogP contribution in [0, 0.1) is 6.92 Å². The van der Waals surface area contributed by atoms with E-state index in [2.05, 4.69) is 4.98 Å². The molecule has 1 fully saturated rings. The summed E-state index contributed by atoms with van der Waals surface area (Å²) < 4.78 is 44.5. The van der Waals surface area contributed by atoms with E-state index in [4.69, 9.17) is 25.3 Å². The molecule has 3 aromatic rings. The summed E-state index contributed by atoms with van der Waals surface area (Å²) in [6.45, 7) is 2.44.